The summed E-state index contributed by atoms with van der Waals surface area (Å²) in [6.07, 6.45) is 12.2. The molecular weight excluding hydrogens is 374 g/mol. The molecule has 2 heterocycles. The average molecular weight is 406 g/mol. The van der Waals surface area contributed by atoms with Crippen molar-refractivity contribution in [3.8, 4) is 5.75 Å². The number of nitrogens with zero attached hydrogens (tertiary/aromatic N) is 4. The molecule has 2 aromatic rings. The molecule has 7 heteroatoms. The van der Waals surface area contributed by atoms with E-state index >= 15 is 0 Å². The van der Waals surface area contributed by atoms with Gasteiger partial charge in [0.25, 0.3) is 0 Å². The first-order valence-electron chi connectivity index (χ1n) is 9.94. The zero-order valence-electron chi connectivity index (χ0n) is 17.5. The van der Waals surface area contributed by atoms with Crippen LogP contribution in [0.25, 0.3) is 0 Å². The molecule has 0 aliphatic rings. The molecule has 6 nitrogen and oxygen atoms in total. The first-order valence-corrected chi connectivity index (χ1v) is 10.3. The molecule has 1 unspecified atom stereocenters. The van der Waals surface area contributed by atoms with Crippen LogP contribution in [-0.2, 0) is 0 Å². The fraction of sp³-hybridized carbons (Fsp3) is 0.524. The lowest BCUT2D eigenvalue weighted by atomic mass is 10.1. The standard InChI is InChI=1S/C21H32ClN5O/c1-6-8-9-16(3)10-12-26(27-13-11-24-21(27)23-5)17(4)18-14-19(28-7-2)20(22)25-15-18/h8-9,11,13-17H,6-7,10,12H2,1-5H3,(H,23,24)/b9-8-/t16?,17-/m0/s1. The van der Waals surface area contributed by atoms with Gasteiger partial charge in [-0.3, -0.25) is 0 Å². The highest BCUT2D eigenvalue weighted by atomic mass is 35.5. The normalized spacial score (nSPS) is 13.5. The number of hydrogen-bond donors (Lipinski definition) is 1. The molecule has 0 amide bonds. The van der Waals surface area contributed by atoms with Crippen LogP contribution in [0.4, 0.5) is 5.95 Å². The largest absolute Gasteiger partial charge is 0.491 e. The minimum absolute atomic E-state index is 0.0626. The Balaban J connectivity index is 2.30. The van der Waals surface area contributed by atoms with E-state index in [-0.39, 0.29) is 6.04 Å². The molecular formula is C21H32ClN5O. The number of nitrogens with one attached hydrogen (secondary N) is 1. The molecule has 0 saturated heterocycles. The summed E-state index contributed by atoms with van der Waals surface area (Å²) in [7, 11) is 1.88. The second kappa shape index (κ2) is 11.0. The van der Waals surface area contributed by atoms with E-state index < -0.39 is 0 Å². The Bertz CT molecular complexity index is 761. The van der Waals surface area contributed by atoms with Gasteiger partial charge in [-0.2, -0.15) is 0 Å². The molecule has 0 aliphatic heterocycles. The fourth-order valence-electron chi connectivity index (χ4n) is 3.07. The van der Waals surface area contributed by atoms with Gasteiger partial charge in [0.15, 0.2) is 10.9 Å². The molecule has 0 spiro atoms. The molecule has 2 atom stereocenters. The van der Waals surface area contributed by atoms with Gasteiger partial charge in [-0.25, -0.2) is 14.6 Å². The number of rotatable bonds is 11. The first kappa shape index (κ1) is 22.1. The Morgan fingerprint density at radius 2 is 2.11 bits per heavy atom. The summed E-state index contributed by atoms with van der Waals surface area (Å²) in [4.78, 5) is 8.73. The number of hydrogen-bond acceptors (Lipinski definition) is 5. The lowest BCUT2D eigenvalue weighted by Crippen LogP contribution is -2.38. The van der Waals surface area contributed by atoms with E-state index in [9.17, 15) is 0 Å². The molecule has 28 heavy (non-hydrogen) atoms. The maximum atomic E-state index is 6.18. The van der Waals surface area contributed by atoms with E-state index in [0.717, 1.165) is 30.9 Å². The van der Waals surface area contributed by atoms with Crippen LogP contribution in [0.3, 0.4) is 0 Å². The summed E-state index contributed by atoms with van der Waals surface area (Å²) >= 11 is 6.18. The third kappa shape index (κ3) is 5.64. The van der Waals surface area contributed by atoms with Crippen molar-refractivity contribution in [3.05, 3.63) is 47.5 Å². The van der Waals surface area contributed by atoms with Crippen LogP contribution in [0.15, 0.2) is 36.8 Å². The highest BCUT2D eigenvalue weighted by Gasteiger charge is 2.21. The maximum Gasteiger partial charge on any atom is 0.221 e. The number of halogens is 1. The van der Waals surface area contributed by atoms with Crippen molar-refractivity contribution >= 4 is 17.5 Å². The van der Waals surface area contributed by atoms with E-state index in [1.54, 1.807) is 6.20 Å². The van der Waals surface area contributed by atoms with Crippen LogP contribution in [-0.4, -0.2) is 34.8 Å². The van der Waals surface area contributed by atoms with Crippen LogP contribution in [0, 0.1) is 5.92 Å². The Labute approximate surface area is 173 Å². The molecule has 0 aromatic carbocycles. The minimum Gasteiger partial charge on any atom is -0.491 e. The molecule has 0 saturated carbocycles. The Kier molecular flexibility index (Phi) is 8.64. The van der Waals surface area contributed by atoms with Crippen molar-refractivity contribution < 1.29 is 4.74 Å². The van der Waals surface area contributed by atoms with Gasteiger partial charge in [0, 0.05) is 32.2 Å². The highest BCUT2D eigenvalue weighted by Crippen LogP contribution is 2.29. The predicted molar refractivity (Wildman–Crippen MR) is 117 cm³/mol. The minimum atomic E-state index is 0.0626. The topological polar surface area (TPSA) is 55.2 Å². The zero-order valence-corrected chi connectivity index (χ0v) is 18.3. The van der Waals surface area contributed by atoms with Gasteiger partial charge in [-0.1, -0.05) is 37.6 Å². The van der Waals surface area contributed by atoms with Crippen molar-refractivity contribution in [1.82, 2.24) is 14.6 Å². The van der Waals surface area contributed by atoms with E-state index in [2.05, 4.69) is 57.9 Å². The van der Waals surface area contributed by atoms with E-state index in [1.165, 1.54) is 0 Å². The molecule has 0 bridgehead atoms. The number of aromatic nitrogens is 3. The maximum absolute atomic E-state index is 6.18. The second-order valence-corrected chi connectivity index (χ2v) is 7.14. The predicted octanol–water partition coefficient (Wildman–Crippen LogP) is 5.06. The van der Waals surface area contributed by atoms with Gasteiger partial charge in [0.1, 0.15) is 0 Å². The quantitative estimate of drug-likeness (QED) is 0.418. The molecule has 2 aromatic heterocycles. The van der Waals surface area contributed by atoms with E-state index in [1.807, 2.05) is 32.4 Å². The Morgan fingerprint density at radius 1 is 1.32 bits per heavy atom. The lowest BCUT2D eigenvalue weighted by Gasteiger charge is -2.33. The Hall–Kier alpha value is -2.21. The number of imidazole rings is 1. The number of pyridine rings is 1. The monoisotopic (exact) mass is 405 g/mol. The molecule has 2 rings (SSSR count). The Morgan fingerprint density at radius 3 is 2.79 bits per heavy atom. The van der Waals surface area contributed by atoms with E-state index in [0.29, 0.717) is 23.4 Å². The average Bonchev–Trinajstić information content (AvgIpc) is 3.16. The van der Waals surface area contributed by atoms with Gasteiger partial charge in [-0.15, -0.1) is 0 Å². The van der Waals surface area contributed by atoms with Crippen molar-refractivity contribution in [1.29, 1.82) is 0 Å². The number of anilines is 1. The fourth-order valence-corrected chi connectivity index (χ4v) is 3.23. The highest BCUT2D eigenvalue weighted by molar-refractivity contribution is 6.30. The second-order valence-electron chi connectivity index (χ2n) is 6.78. The molecule has 1 N–H and O–H groups in total. The first-order chi connectivity index (χ1) is 13.5. The van der Waals surface area contributed by atoms with Crippen LogP contribution < -0.4 is 15.1 Å². The summed E-state index contributed by atoms with van der Waals surface area (Å²) in [6, 6.07) is 2.04. The zero-order chi connectivity index (χ0) is 20.5. The van der Waals surface area contributed by atoms with Gasteiger partial charge < -0.3 is 15.1 Å². The van der Waals surface area contributed by atoms with Crippen molar-refractivity contribution in [3.63, 3.8) is 0 Å². The third-order valence-corrected chi connectivity index (χ3v) is 4.98. The molecule has 0 radical (unpaired) electrons. The van der Waals surface area contributed by atoms with Crippen LogP contribution in [0.1, 0.15) is 52.1 Å². The third-order valence-electron chi connectivity index (χ3n) is 4.69. The summed E-state index contributed by atoms with van der Waals surface area (Å²) < 4.78 is 7.70. The summed E-state index contributed by atoms with van der Waals surface area (Å²) in [6.45, 7) is 9.93. The van der Waals surface area contributed by atoms with Crippen molar-refractivity contribution in [2.45, 2.75) is 46.6 Å². The van der Waals surface area contributed by atoms with Gasteiger partial charge >= 0.3 is 0 Å². The SMILES string of the molecule is CC/C=C\C(C)CCN([C@@H](C)c1cnc(Cl)c(OCC)c1)n1ccnc1NC. The lowest BCUT2D eigenvalue weighted by molar-refractivity contribution is 0.338. The van der Waals surface area contributed by atoms with Crippen molar-refractivity contribution in [2.75, 3.05) is 30.5 Å². The van der Waals surface area contributed by atoms with Gasteiger partial charge in [-0.05, 0) is 44.2 Å². The molecule has 154 valence electrons. The smallest absolute Gasteiger partial charge is 0.221 e. The number of allylic oxidation sites excluding steroid dienone is 2. The van der Waals surface area contributed by atoms with Crippen LogP contribution in [0.2, 0.25) is 5.15 Å². The van der Waals surface area contributed by atoms with Gasteiger partial charge in [0.2, 0.25) is 5.95 Å². The number of ether oxygens (including phenoxy) is 1. The van der Waals surface area contributed by atoms with Crippen molar-refractivity contribution in [2.24, 2.45) is 5.92 Å². The van der Waals surface area contributed by atoms with Gasteiger partial charge in [0.05, 0.1) is 12.6 Å². The molecule has 0 fully saturated rings. The molecule has 0 aliphatic carbocycles. The summed E-state index contributed by atoms with van der Waals surface area (Å²) in [5.41, 5.74) is 1.04. The van der Waals surface area contributed by atoms with Crippen LogP contribution in [0.5, 0.6) is 5.75 Å². The van der Waals surface area contributed by atoms with E-state index in [4.69, 9.17) is 16.3 Å². The van der Waals surface area contributed by atoms with Crippen LogP contribution >= 0.6 is 11.6 Å². The summed E-state index contributed by atoms with van der Waals surface area (Å²) in [5.74, 6) is 1.92. The summed E-state index contributed by atoms with van der Waals surface area (Å²) in [5, 5.41) is 5.84.